The Balaban J connectivity index is 2.00. The van der Waals surface area contributed by atoms with E-state index in [4.69, 9.17) is 0 Å². The van der Waals surface area contributed by atoms with Gasteiger partial charge < -0.3 is 9.84 Å². The van der Waals surface area contributed by atoms with E-state index in [9.17, 15) is 19.5 Å². The van der Waals surface area contributed by atoms with Crippen LogP contribution in [0.2, 0.25) is 0 Å². The maximum Gasteiger partial charge on any atom is 0.337 e. The Kier molecular flexibility index (Phi) is 2.21. The van der Waals surface area contributed by atoms with Crippen LogP contribution in [0.4, 0.5) is 0 Å². The van der Waals surface area contributed by atoms with Gasteiger partial charge in [-0.3, -0.25) is 14.5 Å². The molecule has 0 aromatic heterocycles. The van der Waals surface area contributed by atoms with Crippen LogP contribution in [-0.4, -0.2) is 46.5 Å². The van der Waals surface area contributed by atoms with Crippen molar-refractivity contribution in [3.05, 3.63) is 35.4 Å². The molecule has 1 fully saturated rings. The zero-order valence-corrected chi connectivity index (χ0v) is 9.20. The fourth-order valence-corrected chi connectivity index (χ4v) is 2.23. The molecule has 1 N–H and O–H groups in total. The molecule has 18 heavy (non-hydrogen) atoms. The van der Waals surface area contributed by atoms with E-state index in [-0.39, 0.29) is 17.7 Å². The third-order valence-electron chi connectivity index (χ3n) is 3.16. The number of carbonyl (C=O) groups is 3. The summed E-state index contributed by atoms with van der Waals surface area (Å²) in [7, 11) is 0. The third kappa shape index (κ3) is 1.29. The standard InChI is InChI=1S/C12H9NO5/c14-9-8(5-18-12(9)17)13-10(15)6-3-1-2-4-7(6)11(13)16/h1-4,8-9,14H,5H2/t8-,9+/m0/s1. The van der Waals surface area contributed by atoms with E-state index < -0.39 is 29.9 Å². The predicted molar refractivity (Wildman–Crippen MR) is 57.7 cm³/mol. The van der Waals surface area contributed by atoms with Gasteiger partial charge >= 0.3 is 5.97 Å². The number of benzene rings is 1. The number of amides is 2. The van der Waals surface area contributed by atoms with E-state index >= 15 is 0 Å². The first-order valence-corrected chi connectivity index (χ1v) is 5.43. The summed E-state index contributed by atoms with van der Waals surface area (Å²) in [4.78, 5) is 36.2. The molecular weight excluding hydrogens is 238 g/mol. The number of nitrogens with zero attached hydrogens (tertiary/aromatic N) is 1. The fraction of sp³-hybridized carbons (Fsp3) is 0.250. The largest absolute Gasteiger partial charge is 0.461 e. The summed E-state index contributed by atoms with van der Waals surface area (Å²) in [6, 6.07) is 5.45. The van der Waals surface area contributed by atoms with Crippen LogP contribution in [0.5, 0.6) is 0 Å². The van der Waals surface area contributed by atoms with Gasteiger partial charge in [0.25, 0.3) is 11.8 Å². The zero-order chi connectivity index (χ0) is 12.9. The summed E-state index contributed by atoms with van der Waals surface area (Å²) in [5, 5.41) is 9.61. The highest BCUT2D eigenvalue weighted by Crippen LogP contribution is 2.27. The highest BCUT2D eigenvalue weighted by Gasteiger charge is 2.48. The number of carbonyl (C=O) groups excluding carboxylic acids is 3. The quantitative estimate of drug-likeness (QED) is 0.537. The SMILES string of the molecule is O=C1OC[C@H](N2C(=O)c3ccccc3C2=O)[C@H]1O. The van der Waals surface area contributed by atoms with Crippen molar-refractivity contribution in [2.75, 3.05) is 6.61 Å². The van der Waals surface area contributed by atoms with Crippen molar-refractivity contribution in [1.29, 1.82) is 0 Å². The number of aliphatic hydroxyl groups excluding tert-OH is 1. The minimum Gasteiger partial charge on any atom is -0.461 e. The average Bonchev–Trinajstić information content (AvgIpc) is 2.82. The molecule has 2 aliphatic rings. The van der Waals surface area contributed by atoms with Crippen molar-refractivity contribution >= 4 is 17.8 Å². The lowest BCUT2D eigenvalue weighted by molar-refractivity contribution is -0.144. The molecule has 3 rings (SSSR count). The minimum absolute atomic E-state index is 0.161. The second-order valence-electron chi connectivity index (χ2n) is 4.17. The Hall–Kier alpha value is -2.21. The van der Waals surface area contributed by atoms with Crippen LogP contribution in [-0.2, 0) is 9.53 Å². The van der Waals surface area contributed by atoms with Crippen molar-refractivity contribution in [1.82, 2.24) is 4.90 Å². The van der Waals surface area contributed by atoms with E-state index in [0.717, 1.165) is 4.90 Å². The van der Waals surface area contributed by atoms with Crippen molar-refractivity contribution in [2.45, 2.75) is 12.1 Å². The molecule has 92 valence electrons. The summed E-state index contributed by atoms with van der Waals surface area (Å²) in [5.41, 5.74) is 0.572. The second-order valence-corrected chi connectivity index (χ2v) is 4.17. The van der Waals surface area contributed by atoms with Crippen LogP contribution in [0, 0.1) is 0 Å². The van der Waals surface area contributed by atoms with Crippen molar-refractivity contribution in [3.63, 3.8) is 0 Å². The molecular formula is C12H9NO5. The molecule has 6 heteroatoms. The van der Waals surface area contributed by atoms with Gasteiger partial charge in [0, 0.05) is 0 Å². The van der Waals surface area contributed by atoms with Crippen LogP contribution in [0.3, 0.4) is 0 Å². The highest BCUT2D eigenvalue weighted by molar-refractivity contribution is 6.21. The van der Waals surface area contributed by atoms with Crippen molar-refractivity contribution in [2.24, 2.45) is 0 Å². The Morgan fingerprint density at radius 1 is 1.11 bits per heavy atom. The van der Waals surface area contributed by atoms with Gasteiger partial charge in [0.2, 0.25) is 0 Å². The summed E-state index contributed by atoms with van der Waals surface area (Å²) in [6.45, 7) is -0.161. The van der Waals surface area contributed by atoms with Gasteiger partial charge in [0.15, 0.2) is 6.10 Å². The zero-order valence-electron chi connectivity index (χ0n) is 9.20. The number of cyclic esters (lactones) is 1. The molecule has 0 spiro atoms. The second kappa shape index (κ2) is 3.64. The van der Waals surface area contributed by atoms with Gasteiger partial charge in [0.05, 0.1) is 11.1 Å². The predicted octanol–water partition coefficient (Wildman–Crippen LogP) is -0.431. The summed E-state index contributed by atoms with van der Waals surface area (Å²) < 4.78 is 4.65. The first-order chi connectivity index (χ1) is 8.61. The summed E-state index contributed by atoms with van der Waals surface area (Å²) in [5.74, 6) is -1.81. The van der Waals surface area contributed by atoms with Crippen LogP contribution < -0.4 is 0 Å². The lowest BCUT2D eigenvalue weighted by atomic mass is 10.1. The molecule has 0 unspecified atom stereocenters. The maximum atomic E-state index is 12.1. The Bertz CT molecular complexity index is 532. The van der Waals surface area contributed by atoms with Gasteiger partial charge in [-0.1, -0.05) is 12.1 Å². The number of esters is 1. The molecule has 0 radical (unpaired) electrons. The van der Waals surface area contributed by atoms with Crippen LogP contribution in [0.1, 0.15) is 20.7 Å². The number of rotatable bonds is 1. The molecule has 1 aromatic rings. The number of hydrogen-bond donors (Lipinski definition) is 1. The van der Waals surface area contributed by atoms with Crippen LogP contribution >= 0.6 is 0 Å². The fourth-order valence-electron chi connectivity index (χ4n) is 2.23. The number of hydrogen-bond acceptors (Lipinski definition) is 5. The van der Waals surface area contributed by atoms with Crippen LogP contribution in [0.25, 0.3) is 0 Å². The third-order valence-corrected chi connectivity index (χ3v) is 3.16. The molecule has 2 amide bonds. The van der Waals surface area contributed by atoms with Crippen molar-refractivity contribution in [3.8, 4) is 0 Å². The normalized spacial score (nSPS) is 26.5. The molecule has 1 saturated heterocycles. The molecule has 1 aromatic carbocycles. The van der Waals surface area contributed by atoms with Crippen LogP contribution in [0.15, 0.2) is 24.3 Å². The topological polar surface area (TPSA) is 83.9 Å². The van der Waals surface area contributed by atoms with E-state index in [1.807, 2.05) is 0 Å². The molecule has 0 saturated carbocycles. The molecule has 2 aliphatic heterocycles. The molecule has 2 heterocycles. The maximum absolute atomic E-state index is 12.1. The van der Waals surface area contributed by atoms with E-state index in [1.54, 1.807) is 24.3 Å². The lowest BCUT2D eigenvalue weighted by Crippen LogP contribution is -2.47. The lowest BCUT2D eigenvalue weighted by Gasteiger charge is -2.21. The molecule has 0 bridgehead atoms. The Morgan fingerprint density at radius 3 is 2.11 bits per heavy atom. The Labute approximate surface area is 102 Å². The first-order valence-electron chi connectivity index (χ1n) is 5.43. The van der Waals surface area contributed by atoms with Gasteiger partial charge in [0.1, 0.15) is 12.6 Å². The number of ether oxygens (including phenoxy) is 1. The van der Waals surface area contributed by atoms with Gasteiger partial charge in [-0.25, -0.2) is 4.79 Å². The van der Waals surface area contributed by atoms with Gasteiger partial charge in [-0.05, 0) is 12.1 Å². The number of aliphatic hydroxyl groups is 1. The number of fused-ring (bicyclic) bond motifs is 1. The van der Waals surface area contributed by atoms with Gasteiger partial charge in [-0.2, -0.15) is 0 Å². The Morgan fingerprint density at radius 2 is 1.67 bits per heavy atom. The highest BCUT2D eigenvalue weighted by atomic mass is 16.6. The molecule has 0 aliphatic carbocycles. The molecule has 2 atom stereocenters. The van der Waals surface area contributed by atoms with Gasteiger partial charge in [-0.15, -0.1) is 0 Å². The van der Waals surface area contributed by atoms with E-state index in [2.05, 4.69) is 4.74 Å². The summed E-state index contributed by atoms with van der Waals surface area (Å²) in [6.07, 6.45) is -1.47. The summed E-state index contributed by atoms with van der Waals surface area (Å²) >= 11 is 0. The van der Waals surface area contributed by atoms with E-state index in [1.165, 1.54) is 0 Å². The molecule has 6 nitrogen and oxygen atoms in total. The monoisotopic (exact) mass is 247 g/mol. The van der Waals surface area contributed by atoms with E-state index in [0.29, 0.717) is 0 Å². The minimum atomic E-state index is -1.47. The average molecular weight is 247 g/mol. The first kappa shape index (κ1) is 10.9. The smallest absolute Gasteiger partial charge is 0.337 e. The van der Waals surface area contributed by atoms with Crippen molar-refractivity contribution < 1.29 is 24.2 Å². The number of imide groups is 1.